The standard InChI is InChI=1S/C21H28N4S2/c1-5-6-10-22-19-18-17(24-21(25-19)26-4)16-14-9-7-8-13(14)15(11-12(2)3)23-20(16)27-18/h12H,5-11H2,1-4H3,(H,22,24,25). The summed E-state index contributed by atoms with van der Waals surface area (Å²) in [5, 5.41) is 5.70. The molecule has 0 unspecified atom stereocenters. The van der Waals surface area contributed by atoms with Gasteiger partial charge < -0.3 is 5.32 Å². The molecule has 27 heavy (non-hydrogen) atoms. The number of nitrogens with one attached hydrogen (secondary N) is 1. The molecule has 1 aliphatic carbocycles. The number of hydrogen-bond donors (Lipinski definition) is 1. The number of nitrogens with zero attached hydrogens (tertiary/aromatic N) is 3. The number of thioether (sulfide) groups is 1. The van der Waals surface area contributed by atoms with E-state index < -0.39 is 0 Å². The monoisotopic (exact) mass is 400 g/mol. The topological polar surface area (TPSA) is 50.7 Å². The summed E-state index contributed by atoms with van der Waals surface area (Å²) >= 11 is 3.38. The molecule has 0 atom stereocenters. The van der Waals surface area contributed by atoms with Gasteiger partial charge in [-0.05, 0) is 55.4 Å². The van der Waals surface area contributed by atoms with Crippen molar-refractivity contribution in [2.24, 2.45) is 5.92 Å². The van der Waals surface area contributed by atoms with Crippen molar-refractivity contribution in [2.75, 3.05) is 18.1 Å². The molecule has 4 rings (SSSR count). The largest absolute Gasteiger partial charge is 0.369 e. The van der Waals surface area contributed by atoms with Gasteiger partial charge >= 0.3 is 0 Å². The average Bonchev–Trinajstić information content (AvgIpc) is 3.25. The minimum absolute atomic E-state index is 0.628. The summed E-state index contributed by atoms with van der Waals surface area (Å²) in [6.45, 7) is 7.73. The lowest BCUT2D eigenvalue weighted by Gasteiger charge is -2.11. The van der Waals surface area contributed by atoms with Crippen LogP contribution in [0.4, 0.5) is 5.82 Å². The molecule has 3 aromatic heterocycles. The van der Waals surface area contributed by atoms with E-state index in [4.69, 9.17) is 15.0 Å². The van der Waals surface area contributed by atoms with Crippen LogP contribution in [-0.4, -0.2) is 27.8 Å². The minimum Gasteiger partial charge on any atom is -0.369 e. The third-order valence-electron chi connectivity index (χ3n) is 5.21. The van der Waals surface area contributed by atoms with Gasteiger partial charge in [-0.3, -0.25) is 0 Å². The Kier molecular flexibility index (Phi) is 5.55. The highest BCUT2D eigenvalue weighted by Crippen LogP contribution is 2.42. The second-order valence-electron chi connectivity index (χ2n) is 7.77. The summed E-state index contributed by atoms with van der Waals surface area (Å²) in [4.78, 5) is 16.0. The molecule has 3 aromatic rings. The third kappa shape index (κ3) is 3.54. The molecular weight excluding hydrogens is 372 g/mol. The fourth-order valence-electron chi connectivity index (χ4n) is 3.97. The zero-order valence-electron chi connectivity index (χ0n) is 16.7. The lowest BCUT2D eigenvalue weighted by Crippen LogP contribution is -2.04. The molecule has 0 radical (unpaired) electrons. The van der Waals surface area contributed by atoms with E-state index in [1.54, 1.807) is 23.1 Å². The highest BCUT2D eigenvalue weighted by molar-refractivity contribution is 7.98. The van der Waals surface area contributed by atoms with Crippen molar-refractivity contribution in [2.45, 2.75) is 64.5 Å². The first kappa shape index (κ1) is 18.9. The van der Waals surface area contributed by atoms with Gasteiger partial charge in [0, 0.05) is 17.6 Å². The van der Waals surface area contributed by atoms with Gasteiger partial charge in [-0.1, -0.05) is 39.0 Å². The second kappa shape index (κ2) is 7.92. The number of fused-ring (bicyclic) bond motifs is 5. The van der Waals surface area contributed by atoms with E-state index in [0.717, 1.165) is 47.1 Å². The molecule has 3 heterocycles. The van der Waals surface area contributed by atoms with Gasteiger partial charge in [-0.15, -0.1) is 11.3 Å². The Balaban J connectivity index is 1.94. The van der Waals surface area contributed by atoms with Crippen LogP contribution in [0.2, 0.25) is 0 Å². The van der Waals surface area contributed by atoms with Gasteiger partial charge in [-0.2, -0.15) is 0 Å². The normalized spacial score (nSPS) is 13.8. The molecule has 144 valence electrons. The van der Waals surface area contributed by atoms with E-state index in [0.29, 0.717) is 5.92 Å². The van der Waals surface area contributed by atoms with Crippen molar-refractivity contribution in [1.29, 1.82) is 0 Å². The van der Waals surface area contributed by atoms with Crippen LogP contribution in [0, 0.1) is 5.92 Å². The third-order valence-corrected chi connectivity index (χ3v) is 6.83. The van der Waals surface area contributed by atoms with Crippen molar-refractivity contribution in [3.8, 4) is 0 Å². The number of aromatic nitrogens is 3. The Labute approximate surface area is 169 Å². The zero-order valence-corrected chi connectivity index (χ0v) is 18.3. The van der Waals surface area contributed by atoms with Crippen LogP contribution in [0.3, 0.4) is 0 Å². The first-order valence-electron chi connectivity index (χ1n) is 10.0. The maximum absolute atomic E-state index is 5.13. The van der Waals surface area contributed by atoms with E-state index in [-0.39, 0.29) is 0 Å². The van der Waals surface area contributed by atoms with Crippen molar-refractivity contribution >= 4 is 49.3 Å². The lowest BCUT2D eigenvalue weighted by molar-refractivity contribution is 0.632. The van der Waals surface area contributed by atoms with Crippen molar-refractivity contribution < 1.29 is 0 Å². The molecule has 0 saturated heterocycles. The van der Waals surface area contributed by atoms with E-state index in [1.165, 1.54) is 46.2 Å². The van der Waals surface area contributed by atoms with Crippen LogP contribution in [-0.2, 0) is 19.3 Å². The predicted octanol–water partition coefficient (Wildman–Crippen LogP) is 5.86. The molecule has 0 saturated carbocycles. The van der Waals surface area contributed by atoms with Gasteiger partial charge in [0.2, 0.25) is 0 Å². The van der Waals surface area contributed by atoms with Crippen LogP contribution in [0.15, 0.2) is 5.16 Å². The van der Waals surface area contributed by atoms with Crippen LogP contribution in [0.5, 0.6) is 0 Å². The SMILES string of the molecule is CCCCNc1nc(SC)nc2c1sc1nc(CC(C)C)c3c(c12)CCC3. The van der Waals surface area contributed by atoms with Crippen LogP contribution in [0.1, 0.15) is 56.9 Å². The number of rotatable bonds is 7. The maximum atomic E-state index is 5.13. The Morgan fingerprint density at radius 3 is 2.70 bits per heavy atom. The number of hydrogen-bond acceptors (Lipinski definition) is 6. The summed E-state index contributed by atoms with van der Waals surface area (Å²) in [5.74, 6) is 1.61. The number of unbranched alkanes of at least 4 members (excludes halogenated alkanes) is 1. The molecule has 0 amide bonds. The molecule has 0 fully saturated rings. The Morgan fingerprint density at radius 1 is 1.15 bits per heavy atom. The summed E-state index contributed by atoms with van der Waals surface area (Å²) < 4.78 is 1.17. The highest BCUT2D eigenvalue weighted by atomic mass is 32.2. The quantitative estimate of drug-likeness (QED) is 0.306. The van der Waals surface area contributed by atoms with E-state index in [9.17, 15) is 0 Å². The number of thiophene rings is 1. The first-order chi connectivity index (χ1) is 13.1. The van der Waals surface area contributed by atoms with Gasteiger partial charge in [0.15, 0.2) is 5.16 Å². The number of anilines is 1. The molecule has 0 spiro atoms. The van der Waals surface area contributed by atoms with Crippen LogP contribution in [0.25, 0.3) is 20.4 Å². The molecule has 0 aromatic carbocycles. The van der Waals surface area contributed by atoms with Gasteiger partial charge in [-0.25, -0.2) is 15.0 Å². The Bertz CT molecular complexity index is 978. The predicted molar refractivity (Wildman–Crippen MR) is 118 cm³/mol. The second-order valence-corrected chi connectivity index (χ2v) is 9.54. The molecule has 0 aliphatic heterocycles. The average molecular weight is 401 g/mol. The summed E-state index contributed by atoms with van der Waals surface area (Å²) in [6, 6.07) is 0. The van der Waals surface area contributed by atoms with Crippen LogP contribution < -0.4 is 5.32 Å². The van der Waals surface area contributed by atoms with E-state index in [1.807, 2.05) is 0 Å². The molecular formula is C21H28N4S2. The van der Waals surface area contributed by atoms with E-state index >= 15 is 0 Å². The number of pyridine rings is 1. The fraction of sp³-hybridized carbons (Fsp3) is 0.571. The molecule has 4 nitrogen and oxygen atoms in total. The Hall–Kier alpha value is -1.40. The molecule has 0 bridgehead atoms. The first-order valence-corrected chi connectivity index (χ1v) is 12.1. The lowest BCUT2D eigenvalue weighted by atomic mass is 9.99. The van der Waals surface area contributed by atoms with E-state index in [2.05, 4.69) is 32.3 Å². The van der Waals surface area contributed by atoms with Gasteiger partial charge in [0.1, 0.15) is 10.6 Å². The van der Waals surface area contributed by atoms with Gasteiger partial charge in [0.25, 0.3) is 0 Å². The van der Waals surface area contributed by atoms with Crippen molar-refractivity contribution in [3.63, 3.8) is 0 Å². The zero-order chi connectivity index (χ0) is 19.0. The van der Waals surface area contributed by atoms with Crippen LogP contribution >= 0.6 is 23.1 Å². The summed E-state index contributed by atoms with van der Waals surface area (Å²) in [6.07, 6.45) is 9.00. The molecule has 6 heteroatoms. The van der Waals surface area contributed by atoms with Gasteiger partial charge in [0.05, 0.1) is 10.2 Å². The summed E-state index contributed by atoms with van der Waals surface area (Å²) in [7, 11) is 0. The Morgan fingerprint density at radius 2 is 1.96 bits per heavy atom. The summed E-state index contributed by atoms with van der Waals surface area (Å²) in [5.41, 5.74) is 5.43. The molecule has 1 aliphatic rings. The minimum atomic E-state index is 0.628. The van der Waals surface area contributed by atoms with Crippen molar-refractivity contribution in [1.82, 2.24) is 15.0 Å². The van der Waals surface area contributed by atoms with Crippen molar-refractivity contribution in [3.05, 3.63) is 16.8 Å². The fourth-order valence-corrected chi connectivity index (χ4v) is 5.47. The highest BCUT2D eigenvalue weighted by Gasteiger charge is 2.25. The smallest absolute Gasteiger partial charge is 0.189 e. The maximum Gasteiger partial charge on any atom is 0.189 e. The number of aryl methyl sites for hydroxylation is 1. The molecule has 1 N–H and O–H groups in total.